The third-order valence-corrected chi connectivity index (χ3v) is 4.14. The van der Waals surface area contributed by atoms with Crippen molar-refractivity contribution in [2.75, 3.05) is 32.4 Å². The van der Waals surface area contributed by atoms with Crippen LogP contribution in [0.2, 0.25) is 0 Å². The Morgan fingerprint density at radius 2 is 2.14 bits per heavy atom. The monoisotopic (exact) mass is 308 g/mol. The number of fused-ring (bicyclic) bond motifs is 1. The van der Waals surface area contributed by atoms with E-state index >= 15 is 0 Å². The summed E-state index contributed by atoms with van der Waals surface area (Å²) >= 11 is 0. The number of rotatable bonds is 8. The smallest absolute Gasteiger partial charge is 0.333 e. The lowest BCUT2D eigenvalue weighted by atomic mass is 9.84. The molecule has 0 radical (unpaired) electrons. The van der Waals surface area contributed by atoms with Gasteiger partial charge in [0.15, 0.2) is 5.54 Å². The number of hydrogen-bond donors (Lipinski definition) is 2. The molecular weight excluding hydrogens is 284 g/mol. The molecule has 122 valence electrons. The van der Waals surface area contributed by atoms with E-state index in [1.165, 1.54) is 0 Å². The number of nitrogens with one attached hydrogen (secondary N) is 1. The van der Waals surface area contributed by atoms with Gasteiger partial charge < -0.3 is 19.6 Å². The average Bonchev–Trinajstić information content (AvgIpc) is 2.85. The van der Waals surface area contributed by atoms with Crippen molar-refractivity contribution < 1.29 is 19.4 Å². The number of methoxy groups -OCH3 is 2. The number of aliphatic carboxylic acids is 1. The Kier molecular flexibility index (Phi) is 5.39. The highest BCUT2D eigenvalue weighted by Gasteiger charge is 2.54. The van der Waals surface area contributed by atoms with E-state index in [2.05, 4.69) is 5.43 Å². The third kappa shape index (κ3) is 2.69. The molecule has 1 aromatic carbocycles. The van der Waals surface area contributed by atoms with Crippen LogP contribution in [0.5, 0.6) is 0 Å². The highest BCUT2D eigenvalue weighted by Crippen LogP contribution is 2.41. The van der Waals surface area contributed by atoms with Gasteiger partial charge >= 0.3 is 5.97 Å². The van der Waals surface area contributed by atoms with Crippen LogP contribution in [0.4, 0.5) is 5.69 Å². The predicted octanol–water partition coefficient (Wildman–Crippen LogP) is 1.75. The van der Waals surface area contributed by atoms with Gasteiger partial charge in [0.2, 0.25) is 0 Å². The van der Waals surface area contributed by atoms with E-state index in [-0.39, 0.29) is 0 Å². The van der Waals surface area contributed by atoms with Crippen molar-refractivity contribution in [3.63, 3.8) is 0 Å². The number of nitrogens with zero attached hydrogens (tertiary/aromatic N) is 1. The van der Waals surface area contributed by atoms with Crippen LogP contribution >= 0.6 is 0 Å². The Morgan fingerprint density at radius 3 is 2.73 bits per heavy atom. The second kappa shape index (κ2) is 7.09. The maximum Gasteiger partial charge on any atom is 0.333 e. The summed E-state index contributed by atoms with van der Waals surface area (Å²) in [7, 11) is 3.21. The number of carboxylic acid groups (broad SMARTS) is 1. The predicted molar refractivity (Wildman–Crippen MR) is 83.8 cm³/mol. The van der Waals surface area contributed by atoms with Gasteiger partial charge in [0.1, 0.15) is 0 Å². The normalized spacial score (nSPS) is 21.7. The quantitative estimate of drug-likeness (QED) is 0.713. The minimum Gasteiger partial charge on any atom is -0.479 e. The van der Waals surface area contributed by atoms with Gasteiger partial charge in [0, 0.05) is 32.9 Å². The third-order valence-electron chi connectivity index (χ3n) is 4.14. The summed E-state index contributed by atoms with van der Waals surface area (Å²) in [6.07, 6.45) is 0.937. The zero-order chi connectivity index (χ0) is 16.2. The van der Waals surface area contributed by atoms with Crippen molar-refractivity contribution in [2.24, 2.45) is 0 Å². The van der Waals surface area contributed by atoms with E-state index in [9.17, 15) is 9.90 Å². The molecule has 1 aromatic rings. The first-order chi connectivity index (χ1) is 10.6. The summed E-state index contributed by atoms with van der Waals surface area (Å²) in [6.45, 7) is 3.22. The van der Waals surface area contributed by atoms with E-state index in [1.807, 2.05) is 36.2 Å². The van der Waals surface area contributed by atoms with Crippen LogP contribution in [0, 0.1) is 0 Å². The molecule has 0 aromatic heterocycles. The summed E-state index contributed by atoms with van der Waals surface area (Å²) < 4.78 is 10.6. The fraction of sp³-hybridized carbons (Fsp3) is 0.562. The molecule has 2 rings (SSSR count). The molecular formula is C16H24N2O4. The number of para-hydroxylation sites is 1. The topological polar surface area (TPSA) is 71.0 Å². The second-order valence-corrected chi connectivity index (χ2v) is 5.37. The van der Waals surface area contributed by atoms with E-state index in [0.29, 0.717) is 19.6 Å². The number of benzene rings is 1. The Hall–Kier alpha value is -1.63. The molecule has 2 unspecified atom stereocenters. The average molecular weight is 308 g/mol. The van der Waals surface area contributed by atoms with Crippen LogP contribution in [0.15, 0.2) is 24.3 Å². The molecule has 2 N–H and O–H groups in total. The number of hydrazine groups is 1. The Labute approximate surface area is 131 Å². The summed E-state index contributed by atoms with van der Waals surface area (Å²) in [6, 6.07) is 7.56. The molecule has 0 spiro atoms. The fourth-order valence-corrected chi connectivity index (χ4v) is 3.11. The minimum atomic E-state index is -1.26. The zero-order valence-electron chi connectivity index (χ0n) is 13.3. The summed E-state index contributed by atoms with van der Waals surface area (Å²) in [5, 5.41) is 11.8. The number of carboxylic acids is 1. The number of ether oxygens (including phenoxy) is 2. The molecule has 1 aliphatic heterocycles. The molecule has 22 heavy (non-hydrogen) atoms. The first-order valence-electron chi connectivity index (χ1n) is 7.51. The number of carbonyl (C=O) groups is 1. The number of anilines is 1. The van der Waals surface area contributed by atoms with Gasteiger partial charge in [-0.25, -0.2) is 10.2 Å². The molecule has 0 fully saturated rings. The molecule has 1 heterocycles. The van der Waals surface area contributed by atoms with Gasteiger partial charge in [-0.2, -0.15) is 0 Å². The van der Waals surface area contributed by atoms with Crippen LogP contribution in [0.25, 0.3) is 0 Å². The Bertz CT molecular complexity index is 519. The first-order valence-corrected chi connectivity index (χ1v) is 7.51. The first kappa shape index (κ1) is 16.7. The van der Waals surface area contributed by atoms with E-state index in [1.54, 1.807) is 14.2 Å². The molecule has 0 aliphatic carbocycles. The second-order valence-electron chi connectivity index (χ2n) is 5.37. The fourth-order valence-electron chi connectivity index (χ4n) is 3.11. The standard InChI is InChI=1S/C16H24N2O4/c1-4-14(22-3)16(15(19)20)12-8-5-6-9-13(12)18(17-16)10-7-11-21-2/h5-6,8-9,14,17H,4,7,10-11H2,1-3H3,(H,19,20). The summed E-state index contributed by atoms with van der Waals surface area (Å²) in [4.78, 5) is 12.1. The molecule has 0 saturated carbocycles. The van der Waals surface area contributed by atoms with Crippen LogP contribution < -0.4 is 10.4 Å². The largest absolute Gasteiger partial charge is 0.479 e. The number of hydrogen-bond acceptors (Lipinski definition) is 5. The van der Waals surface area contributed by atoms with Gasteiger partial charge in [-0.05, 0) is 18.9 Å². The van der Waals surface area contributed by atoms with Crippen molar-refractivity contribution >= 4 is 11.7 Å². The molecule has 1 aliphatic rings. The zero-order valence-corrected chi connectivity index (χ0v) is 13.3. The SMILES string of the molecule is CCC(OC)C1(C(=O)O)NN(CCCOC)c2ccccc21. The summed E-state index contributed by atoms with van der Waals surface area (Å²) in [5.74, 6) is -0.928. The lowest BCUT2D eigenvalue weighted by Crippen LogP contribution is -2.59. The molecule has 0 amide bonds. The molecule has 2 atom stereocenters. The van der Waals surface area contributed by atoms with Crippen molar-refractivity contribution in [2.45, 2.75) is 31.4 Å². The maximum absolute atomic E-state index is 12.1. The van der Waals surface area contributed by atoms with E-state index in [4.69, 9.17) is 9.47 Å². The Balaban J connectivity index is 2.42. The lowest BCUT2D eigenvalue weighted by molar-refractivity contribution is -0.152. The molecule has 0 saturated heterocycles. The van der Waals surface area contributed by atoms with E-state index in [0.717, 1.165) is 17.7 Å². The van der Waals surface area contributed by atoms with Crippen molar-refractivity contribution in [1.29, 1.82) is 0 Å². The molecule has 6 nitrogen and oxygen atoms in total. The Morgan fingerprint density at radius 1 is 1.41 bits per heavy atom. The maximum atomic E-state index is 12.1. The van der Waals surface area contributed by atoms with E-state index < -0.39 is 17.6 Å². The summed E-state index contributed by atoms with van der Waals surface area (Å²) in [5.41, 5.74) is 3.56. The van der Waals surface area contributed by atoms with Crippen LogP contribution in [0.1, 0.15) is 25.3 Å². The van der Waals surface area contributed by atoms with Crippen LogP contribution in [0.3, 0.4) is 0 Å². The lowest BCUT2D eigenvalue weighted by Gasteiger charge is -2.34. The highest BCUT2D eigenvalue weighted by atomic mass is 16.5. The van der Waals surface area contributed by atoms with Gasteiger partial charge in [-0.1, -0.05) is 25.1 Å². The molecule has 0 bridgehead atoms. The van der Waals surface area contributed by atoms with Crippen molar-refractivity contribution in [3.05, 3.63) is 29.8 Å². The highest BCUT2D eigenvalue weighted by molar-refractivity contribution is 5.87. The van der Waals surface area contributed by atoms with Crippen molar-refractivity contribution in [1.82, 2.24) is 5.43 Å². The van der Waals surface area contributed by atoms with Gasteiger partial charge in [-0.15, -0.1) is 0 Å². The van der Waals surface area contributed by atoms with Crippen molar-refractivity contribution in [3.8, 4) is 0 Å². The van der Waals surface area contributed by atoms with Gasteiger partial charge in [-0.3, -0.25) is 0 Å². The minimum absolute atomic E-state index is 0.460. The van der Waals surface area contributed by atoms with Crippen LogP contribution in [-0.4, -0.2) is 44.6 Å². The van der Waals surface area contributed by atoms with Gasteiger partial charge in [0.25, 0.3) is 0 Å². The molecule has 6 heteroatoms. The van der Waals surface area contributed by atoms with Crippen LogP contribution in [-0.2, 0) is 19.8 Å². The van der Waals surface area contributed by atoms with Gasteiger partial charge in [0.05, 0.1) is 11.8 Å².